The van der Waals surface area contributed by atoms with Crippen LogP contribution in [0.15, 0.2) is 42.5 Å². The van der Waals surface area contributed by atoms with E-state index in [0.29, 0.717) is 27.0 Å². The average Bonchev–Trinajstić information content (AvgIpc) is 2.41. The van der Waals surface area contributed by atoms with Gasteiger partial charge in [-0.25, -0.2) is 8.42 Å². The van der Waals surface area contributed by atoms with Crippen molar-refractivity contribution in [1.29, 1.82) is 0 Å². The van der Waals surface area contributed by atoms with Crippen molar-refractivity contribution in [3.8, 4) is 0 Å². The van der Waals surface area contributed by atoms with E-state index in [1.54, 1.807) is 30.3 Å². The lowest BCUT2D eigenvalue weighted by atomic mass is 10.2. The largest absolute Gasteiger partial charge is 0.326 e. The Morgan fingerprint density at radius 2 is 1.74 bits per heavy atom. The Hall–Kier alpha value is -1.76. The van der Waals surface area contributed by atoms with Crippen LogP contribution in [0.1, 0.15) is 12.5 Å². The summed E-state index contributed by atoms with van der Waals surface area (Å²) >= 11 is 11.7. The van der Waals surface area contributed by atoms with Crippen LogP contribution in [-0.2, 0) is 20.6 Å². The van der Waals surface area contributed by atoms with Gasteiger partial charge in [0.25, 0.3) is 0 Å². The van der Waals surface area contributed by atoms with Gasteiger partial charge in [0.15, 0.2) is 0 Å². The first-order chi connectivity index (χ1) is 10.7. The van der Waals surface area contributed by atoms with Crippen molar-refractivity contribution in [3.05, 3.63) is 58.1 Å². The van der Waals surface area contributed by atoms with E-state index in [2.05, 4.69) is 10.0 Å². The smallest absolute Gasteiger partial charge is 0.236 e. The summed E-state index contributed by atoms with van der Waals surface area (Å²) in [6, 6.07) is 11.1. The molecule has 2 aromatic rings. The molecule has 0 saturated carbocycles. The van der Waals surface area contributed by atoms with Gasteiger partial charge in [-0.2, -0.15) is 0 Å². The molecule has 5 nitrogen and oxygen atoms in total. The number of hydrogen-bond donors (Lipinski definition) is 2. The Morgan fingerprint density at radius 1 is 1.04 bits per heavy atom. The molecule has 0 bridgehead atoms. The van der Waals surface area contributed by atoms with Gasteiger partial charge in [0.05, 0.1) is 21.5 Å². The number of benzene rings is 2. The van der Waals surface area contributed by atoms with Crippen molar-refractivity contribution in [3.63, 3.8) is 0 Å². The van der Waals surface area contributed by atoms with E-state index in [1.165, 1.54) is 19.1 Å². The highest BCUT2D eigenvalue weighted by atomic mass is 35.5. The maximum absolute atomic E-state index is 12.2. The van der Waals surface area contributed by atoms with Crippen molar-refractivity contribution < 1.29 is 13.2 Å². The maximum atomic E-state index is 12.2. The first-order valence-electron chi connectivity index (χ1n) is 6.57. The summed E-state index contributed by atoms with van der Waals surface area (Å²) in [5.74, 6) is -0.477. The predicted molar refractivity (Wildman–Crippen MR) is 93.5 cm³/mol. The minimum Gasteiger partial charge on any atom is -0.326 e. The average molecular weight is 373 g/mol. The SMILES string of the molecule is CC(=O)Nc1cccc(NS(=O)(=O)Cc2ccc(Cl)c(Cl)c2)c1. The van der Waals surface area contributed by atoms with Crippen LogP contribution in [-0.4, -0.2) is 14.3 Å². The molecule has 0 unspecified atom stereocenters. The van der Waals surface area contributed by atoms with E-state index in [4.69, 9.17) is 23.2 Å². The third-order valence-corrected chi connectivity index (χ3v) is 4.80. The van der Waals surface area contributed by atoms with Crippen molar-refractivity contribution in [2.24, 2.45) is 0 Å². The van der Waals surface area contributed by atoms with Crippen LogP contribution in [0.3, 0.4) is 0 Å². The molecule has 2 rings (SSSR count). The Bertz CT molecular complexity index is 838. The molecular formula is C15H14Cl2N2O3S. The van der Waals surface area contributed by atoms with Gasteiger partial charge in [-0.05, 0) is 35.9 Å². The van der Waals surface area contributed by atoms with E-state index in [9.17, 15) is 13.2 Å². The van der Waals surface area contributed by atoms with Gasteiger partial charge in [0.1, 0.15) is 0 Å². The number of carbonyl (C=O) groups is 1. The highest BCUT2D eigenvalue weighted by molar-refractivity contribution is 7.91. The minimum atomic E-state index is -3.63. The Morgan fingerprint density at radius 3 is 2.39 bits per heavy atom. The normalized spacial score (nSPS) is 11.1. The fourth-order valence-electron chi connectivity index (χ4n) is 1.93. The van der Waals surface area contributed by atoms with Gasteiger partial charge in [-0.15, -0.1) is 0 Å². The predicted octanol–water partition coefficient (Wildman–Crippen LogP) is 3.89. The molecule has 0 aliphatic rings. The molecule has 2 aromatic carbocycles. The molecule has 2 N–H and O–H groups in total. The standard InChI is InChI=1S/C15H14Cl2N2O3S/c1-10(20)18-12-3-2-4-13(8-12)19-23(21,22)9-11-5-6-14(16)15(17)7-11/h2-8,19H,9H2,1H3,(H,18,20). The quantitative estimate of drug-likeness (QED) is 0.835. The van der Waals surface area contributed by atoms with Gasteiger partial charge in [-0.1, -0.05) is 35.3 Å². The number of carbonyl (C=O) groups excluding carboxylic acids is 1. The van der Waals surface area contributed by atoms with Crippen LogP contribution < -0.4 is 10.0 Å². The Kier molecular flexibility index (Phi) is 5.51. The summed E-state index contributed by atoms with van der Waals surface area (Å²) in [6.45, 7) is 1.38. The molecule has 0 radical (unpaired) electrons. The van der Waals surface area contributed by atoms with Crippen molar-refractivity contribution in [2.45, 2.75) is 12.7 Å². The molecule has 0 aliphatic carbocycles. The van der Waals surface area contributed by atoms with Gasteiger partial charge in [0.2, 0.25) is 15.9 Å². The molecule has 122 valence electrons. The summed E-state index contributed by atoms with van der Waals surface area (Å²) in [4.78, 5) is 11.0. The van der Waals surface area contributed by atoms with E-state index >= 15 is 0 Å². The molecule has 0 spiro atoms. The summed E-state index contributed by atoms with van der Waals surface area (Å²) in [6.07, 6.45) is 0. The van der Waals surface area contributed by atoms with Crippen molar-refractivity contribution >= 4 is 50.5 Å². The second kappa shape index (κ2) is 7.21. The zero-order chi connectivity index (χ0) is 17.0. The molecule has 23 heavy (non-hydrogen) atoms. The number of anilines is 2. The van der Waals surface area contributed by atoms with Gasteiger partial charge in [-0.3, -0.25) is 9.52 Å². The summed E-state index contributed by atoms with van der Waals surface area (Å²) in [5.41, 5.74) is 1.38. The number of sulfonamides is 1. The van der Waals surface area contributed by atoms with E-state index < -0.39 is 10.0 Å². The van der Waals surface area contributed by atoms with Crippen molar-refractivity contribution in [1.82, 2.24) is 0 Å². The maximum Gasteiger partial charge on any atom is 0.236 e. The highest BCUT2D eigenvalue weighted by Crippen LogP contribution is 2.24. The highest BCUT2D eigenvalue weighted by Gasteiger charge is 2.13. The second-order valence-electron chi connectivity index (χ2n) is 4.87. The van der Waals surface area contributed by atoms with Crippen LogP contribution >= 0.6 is 23.2 Å². The molecule has 0 atom stereocenters. The van der Waals surface area contributed by atoms with E-state index in [-0.39, 0.29) is 11.7 Å². The van der Waals surface area contributed by atoms with Crippen LogP contribution in [0.25, 0.3) is 0 Å². The molecule has 0 aliphatic heterocycles. The fraction of sp³-hybridized carbons (Fsp3) is 0.133. The molecule has 0 aromatic heterocycles. The number of rotatable bonds is 5. The molecule has 8 heteroatoms. The molecule has 1 amide bonds. The zero-order valence-electron chi connectivity index (χ0n) is 12.1. The van der Waals surface area contributed by atoms with Gasteiger partial charge < -0.3 is 5.32 Å². The van der Waals surface area contributed by atoms with E-state index in [0.717, 1.165) is 0 Å². The topological polar surface area (TPSA) is 75.3 Å². The fourth-order valence-corrected chi connectivity index (χ4v) is 3.43. The van der Waals surface area contributed by atoms with E-state index in [1.807, 2.05) is 0 Å². The molecule has 0 fully saturated rings. The number of halogens is 2. The Labute approximate surface area is 144 Å². The minimum absolute atomic E-state index is 0.235. The first kappa shape index (κ1) is 17.6. The lowest BCUT2D eigenvalue weighted by molar-refractivity contribution is -0.114. The van der Waals surface area contributed by atoms with Crippen LogP contribution in [0.4, 0.5) is 11.4 Å². The number of nitrogens with one attached hydrogen (secondary N) is 2. The zero-order valence-corrected chi connectivity index (χ0v) is 14.5. The third kappa shape index (κ3) is 5.42. The number of amides is 1. The lowest BCUT2D eigenvalue weighted by Crippen LogP contribution is -2.15. The molecule has 0 heterocycles. The van der Waals surface area contributed by atoms with Gasteiger partial charge in [0, 0.05) is 12.6 Å². The second-order valence-corrected chi connectivity index (χ2v) is 7.41. The number of hydrogen-bond acceptors (Lipinski definition) is 3. The third-order valence-electron chi connectivity index (χ3n) is 2.80. The summed E-state index contributed by atoms with van der Waals surface area (Å²) < 4.78 is 26.9. The van der Waals surface area contributed by atoms with Crippen LogP contribution in [0, 0.1) is 0 Å². The van der Waals surface area contributed by atoms with Gasteiger partial charge >= 0.3 is 0 Å². The first-order valence-corrected chi connectivity index (χ1v) is 8.98. The monoisotopic (exact) mass is 372 g/mol. The Balaban J connectivity index is 2.14. The lowest BCUT2D eigenvalue weighted by Gasteiger charge is -2.10. The van der Waals surface area contributed by atoms with Crippen LogP contribution in [0.5, 0.6) is 0 Å². The summed E-state index contributed by atoms with van der Waals surface area (Å²) in [7, 11) is -3.63. The summed E-state index contributed by atoms with van der Waals surface area (Å²) in [5, 5.41) is 3.25. The van der Waals surface area contributed by atoms with Crippen LogP contribution in [0.2, 0.25) is 10.0 Å². The molecule has 0 saturated heterocycles. The molecular weight excluding hydrogens is 359 g/mol. The van der Waals surface area contributed by atoms with Crippen molar-refractivity contribution in [2.75, 3.05) is 10.0 Å².